The number of carbonyl (C=O) groups excluding carboxylic acids is 1. The molecule has 0 saturated carbocycles. The van der Waals surface area contributed by atoms with Gasteiger partial charge in [0.25, 0.3) is 5.91 Å². The number of nitrogens with one attached hydrogen (secondary N) is 1. The van der Waals surface area contributed by atoms with E-state index in [-0.39, 0.29) is 16.7 Å². The quantitative estimate of drug-likeness (QED) is 0.589. The van der Waals surface area contributed by atoms with Gasteiger partial charge in [-0.25, -0.2) is 18.1 Å². The molecular weight excluding hydrogens is 442 g/mol. The Labute approximate surface area is 183 Å². The molecule has 1 aliphatic rings. The maximum atomic E-state index is 12.8. The van der Waals surface area contributed by atoms with E-state index < -0.39 is 10.0 Å². The van der Waals surface area contributed by atoms with Crippen LogP contribution in [0, 0.1) is 13.8 Å². The summed E-state index contributed by atoms with van der Waals surface area (Å²) in [5, 5.41) is 2.42. The summed E-state index contributed by atoms with van der Waals surface area (Å²) >= 11 is 2.46. The van der Waals surface area contributed by atoms with Gasteiger partial charge < -0.3 is 9.32 Å². The van der Waals surface area contributed by atoms with Crippen molar-refractivity contribution in [3.05, 3.63) is 45.7 Å². The molecule has 1 amide bonds. The van der Waals surface area contributed by atoms with Crippen LogP contribution in [0.25, 0.3) is 10.6 Å². The topological polar surface area (TPSA) is 92.5 Å². The van der Waals surface area contributed by atoms with E-state index in [1.165, 1.54) is 11.3 Å². The number of piperidine rings is 1. The molecule has 0 unspecified atom stereocenters. The summed E-state index contributed by atoms with van der Waals surface area (Å²) in [4.78, 5) is 19.9. The van der Waals surface area contributed by atoms with Gasteiger partial charge in [-0.05, 0) is 51.3 Å². The molecule has 0 bridgehead atoms. The fraction of sp³-hybridized carbons (Fsp3) is 0.400. The summed E-state index contributed by atoms with van der Waals surface area (Å²) in [6.07, 6.45) is 3.23. The van der Waals surface area contributed by atoms with Crippen LogP contribution in [0.3, 0.4) is 0 Å². The van der Waals surface area contributed by atoms with Gasteiger partial charge in [-0.15, -0.1) is 22.7 Å². The second-order valence-corrected chi connectivity index (χ2v) is 11.2. The summed E-state index contributed by atoms with van der Waals surface area (Å²) in [7, 11) is -3.66. The average Bonchev–Trinajstić information content (AvgIpc) is 3.46. The van der Waals surface area contributed by atoms with Gasteiger partial charge in [0.2, 0.25) is 10.0 Å². The third-order valence-corrected chi connectivity index (χ3v) is 8.99. The average molecular weight is 466 g/mol. The molecule has 7 nitrogen and oxygen atoms in total. The number of amides is 1. The second kappa shape index (κ2) is 8.62. The van der Waals surface area contributed by atoms with Crippen molar-refractivity contribution in [1.29, 1.82) is 0 Å². The van der Waals surface area contributed by atoms with Crippen molar-refractivity contribution < 1.29 is 17.6 Å². The number of sulfonamides is 1. The Morgan fingerprint density at radius 3 is 2.70 bits per heavy atom. The maximum absolute atomic E-state index is 12.8. The van der Waals surface area contributed by atoms with E-state index in [4.69, 9.17) is 4.42 Å². The van der Waals surface area contributed by atoms with Crippen molar-refractivity contribution in [2.24, 2.45) is 0 Å². The molecule has 0 spiro atoms. The molecule has 1 N–H and O–H groups in total. The molecule has 3 aromatic heterocycles. The minimum Gasteiger partial charge on any atom is -0.465 e. The maximum Gasteiger partial charge on any atom is 0.265 e. The van der Waals surface area contributed by atoms with Crippen LogP contribution in [-0.2, 0) is 16.6 Å². The van der Waals surface area contributed by atoms with Gasteiger partial charge >= 0.3 is 0 Å². The Morgan fingerprint density at radius 2 is 2.00 bits per heavy atom. The second-order valence-electron chi connectivity index (χ2n) is 7.28. The van der Waals surface area contributed by atoms with Crippen molar-refractivity contribution in [3.8, 4) is 10.6 Å². The highest BCUT2D eigenvalue weighted by Gasteiger charge is 2.24. The molecule has 30 heavy (non-hydrogen) atoms. The summed E-state index contributed by atoms with van der Waals surface area (Å²) < 4.78 is 33.4. The van der Waals surface area contributed by atoms with Crippen LogP contribution in [0.2, 0.25) is 0 Å². The van der Waals surface area contributed by atoms with Crippen LogP contribution >= 0.6 is 22.7 Å². The Balaban J connectivity index is 1.50. The molecule has 10 heteroatoms. The molecule has 0 radical (unpaired) electrons. The van der Waals surface area contributed by atoms with Gasteiger partial charge in [0.1, 0.15) is 25.6 Å². The first-order valence-corrected chi connectivity index (χ1v) is 12.9. The van der Waals surface area contributed by atoms with E-state index in [9.17, 15) is 13.2 Å². The number of furan rings is 1. The van der Waals surface area contributed by atoms with Gasteiger partial charge in [0.15, 0.2) is 0 Å². The van der Waals surface area contributed by atoms with E-state index in [2.05, 4.69) is 9.71 Å². The molecule has 1 saturated heterocycles. The number of aryl methyl sites for hydroxylation is 2. The predicted molar refractivity (Wildman–Crippen MR) is 117 cm³/mol. The molecule has 4 heterocycles. The highest BCUT2D eigenvalue weighted by atomic mass is 32.2. The van der Waals surface area contributed by atoms with Crippen molar-refractivity contribution >= 4 is 38.6 Å². The van der Waals surface area contributed by atoms with Crippen molar-refractivity contribution in [1.82, 2.24) is 14.6 Å². The van der Waals surface area contributed by atoms with Gasteiger partial charge in [-0.3, -0.25) is 4.79 Å². The Morgan fingerprint density at radius 1 is 1.23 bits per heavy atom. The first-order valence-electron chi connectivity index (χ1n) is 9.74. The molecule has 0 atom stereocenters. The molecule has 0 aromatic carbocycles. The third kappa shape index (κ3) is 4.51. The fourth-order valence-electron chi connectivity index (χ4n) is 3.35. The van der Waals surface area contributed by atoms with Crippen molar-refractivity contribution in [2.45, 2.75) is 43.9 Å². The highest BCUT2D eigenvalue weighted by molar-refractivity contribution is 7.91. The molecular formula is C20H23N3O4S3. The standard InChI is InChI=1S/C20H23N3O4S3/c1-13-6-7-16(27-13)11-21-30(25,26)17-10-15(12-28-17)19-22-14(2)18(29-19)20(24)23-8-4-3-5-9-23/h6-7,10,12,21H,3-5,8-9,11H2,1-2H3. The van der Waals surface area contributed by atoms with Crippen LogP contribution < -0.4 is 4.72 Å². The third-order valence-electron chi connectivity index (χ3n) is 4.95. The number of thiazole rings is 1. The van der Waals surface area contributed by atoms with Crippen LogP contribution in [0.4, 0.5) is 0 Å². The minimum atomic E-state index is -3.66. The van der Waals surface area contributed by atoms with Crippen LogP contribution in [0.5, 0.6) is 0 Å². The molecule has 160 valence electrons. The number of aromatic nitrogens is 1. The Kier molecular flexibility index (Phi) is 6.10. The van der Waals surface area contributed by atoms with Gasteiger partial charge in [0, 0.05) is 24.0 Å². The van der Waals surface area contributed by atoms with Crippen LogP contribution in [0.1, 0.15) is 46.1 Å². The highest BCUT2D eigenvalue weighted by Crippen LogP contribution is 2.33. The Hall–Kier alpha value is -2.01. The SMILES string of the molecule is Cc1ccc(CNS(=O)(=O)c2cc(-c3nc(C)c(C(=O)N4CCCCC4)s3)cs2)o1. The first kappa shape index (κ1) is 21.2. The smallest absolute Gasteiger partial charge is 0.265 e. The first-order chi connectivity index (χ1) is 14.3. The van der Waals surface area contributed by atoms with Gasteiger partial charge in [-0.1, -0.05) is 0 Å². The lowest BCUT2D eigenvalue weighted by molar-refractivity contribution is 0.0728. The Bertz CT molecular complexity index is 1150. The molecule has 1 fully saturated rings. The van der Waals surface area contributed by atoms with Crippen LogP contribution in [-0.4, -0.2) is 37.3 Å². The molecule has 1 aliphatic heterocycles. The van der Waals surface area contributed by atoms with E-state index in [0.717, 1.165) is 49.4 Å². The number of nitrogens with zero attached hydrogens (tertiary/aromatic N) is 2. The zero-order chi connectivity index (χ0) is 21.3. The van der Waals surface area contributed by atoms with E-state index in [0.29, 0.717) is 26.9 Å². The van der Waals surface area contributed by atoms with Crippen molar-refractivity contribution in [2.75, 3.05) is 13.1 Å². The minimum absolute atomic E-state index is 0.0226. The zero-order valence-electron chi connectivity index (χ0n) is 16.8. The summed E-state index contributed by atoms with van der Waals surface area (Å²) in [5.74, 6) is 1.32. The number of hydrogen-bond donors (Lipinski definition) is 1. The molecule has 3 aromatic rings. The monoisotopic (exact) mass is 465 g/mol. The van der Waals surface area contributed by atoms with Gasteiger partial charge in [0.05, 0.1) is 12.2 Å². The summed E-state index contributed by atoms with van der Waals surface area (Å²) in [6, 6.07) is 5.14. The van der Waals surface area contributed by atoms with E-state index in [1.54, 1.807) is 23.6 Å². The summed E-state index contributed by atoms with van der Waals surface area (Å²) in [6.45, 7) is 5.30. The number of carbonyl (C=O) groups is 1. The molecule has 0 aliphatic carbocycles. The van der Waals surface area contributed by atoms with E-state index >= 15 is 0 Å². The number of likely N-dealkylation sites (tertiary alicyclic amines) is 1. The van der Waals surface area contributed by atoms with Crippen LogP contribution in [0.15, 0.2) is 32.2 Å². The number of thiophene rings is 1. The predicted octanol–water partition coefficient (Wildman–Crippen LogP) is 4.19. The van der Waals surface area contributed by atoms with Gasteiger partial charge in [-0.2, -0.15) is 0 Å². The normalized spacial score (nSPS) is 14.9. The lowest BCUT2D eigenvalue weighted by Crippen LogP contribution is -2.35. The number of rotatable bonds is 6. The number of hydrogen-bond acceptors (Lipinski definition) is 7. The lowest BCUT2D eigenvalue weighted by Gasteiger charge is -2.26. The lowest BCUT2D eigenvalue weighted by atomic mass is 10.1. The fourth-order valence-corrected chi connectivity index (χ4v) is 6.64. The summed E-state index contributed by atoms with van der Waals surface area (Å²) in [5.41, 5.74) is 1.40. The van der Waals surface area contributed by atoms with E-state index in [1.807, 2.05) is 18.7 Å². The van der Waals surface area contributed by atoms with Crippen molar-refractivity contribution in [3.63, 3.8) is 0 Å². The molecule has 4 rings (SSSR count). The largest absolute Gasteiger partial charge is 0.465 e. The zero-order valence-corrected chi connectivity index (χ0v) is 19.3.